The molecule has 474 valence electrons. The summed E-state index contributed by atoms with van der Waals surface area (Å²) in [7, 11) is 0. The van der Waals surface area contributed by atoms with Crippen molar-refractivity contribution < 1.29 is 0 Å². The van der Waals surface area contributed by atoms with Crippen molar-refractivity contribution in [2.24, 2.45) is 0 Å². The number of hydrogen-bond donors (Lipinski definition) is 2. The van der Waals surface area contributed by atoms with E-state index in [0.717, 1.165) is 148 Å². The van der Waals surface area contributed by atoms with Gasteiger partial charge in [-0.05, 0) is 153 Å². The van der Waals surface area contributed by atoms with Crippen LogP contribution in [0.2, 0.25) is 0 Å². The van der Waals surface area contributed by atoms with Crippen molar-refractivity contribution in [3.05, 3.63) is 99.1 Å². The van der Waals surface area contributed by atoms with Gasteiger partial charge in [-0.15, -0.1) is 0 Å². The second kappa shape index (κ2) is 35.1. The van der Waals surface area contributed by atoms with Gasteiger partial charge in [-0.1, -0.05) is 258 Å². The third-order valence-corrected chi connectivity index (χ3v) is 19.7. The van der Waals surface area contributed by atoms with E-state index >= 15 is 0 Å². The number of rotatable bonds is 40. The number of aromatic amines is 2. The molecule has 0 radical (unpaired) electrons. The van der Waals surface area contributed by atoms with Crippen LogP contribution in [0.1, 0.15) is 305 Å². The van der Waals surface area contributed by atoms with E-state index in [1.807, 2.05) is 0 Å². The summed E-state index contributed by atoms with van der Waals surface area (Å²) in [6.45, 7) is 18.6. The molecule has 0 saturated carbocycles. The summed E-state index contributed by atoms with van der Waals surface area (Å²) in [4.78, 5) is 38.2. The van der Waals surface area contributed by atoms with Crippen LogP contribution in [-0.2, 0) is 51.4 Å². The van der Waals surface area contributed by atoms with Crippen molar-refractivity contribution in [1.29, 1.82) is 0 Å². The highest BCUT2D eigenvalue weighted by atomic mass is 15.0. The average molecular weight is 1190 g/mol. The van der Waals surface area contributed by atoms with E-state index in [0.29, 0.717) is 0 Å². The van der Waals surface area contributed by atoms with Crippen molar-refractivity contribution in [3.63, 3.8) is 0 Å². The smallest absolute Gasteiger partial charge is 0.165 e. The van der Waals surface area contributed by atoms with Crippen LogP contribution in [0.25, 0.3) is 89.4 Å². The lowest BCUT2D eigenvalue weighted by atomic mass is 9.90. The van der Waals surface area contributed by atoms with Gasteiger partial charge in [0.2, 0.25) is 0 Å². The van der Waals surface area contributed by atoms with Crippen LogP contribution in [0.15, 0.2) is 54.6 Å². The summed E-state index contributed by atoms with van der Waals surface area (Å²) < 4.78 is 0. The third-order valence-electron chi connectivity index (χ3n) is 19.7. The summed E-state index contributed by atoms with van der Waals surface area (Å²) in [5, 5.41) is 5.04. The van der Waals surface area contributed by atoms with E-state index in [2.05, 4.69) is 120 Å². The van der Waals surface area contributed by atoms with Gasteiger partial charge in [-0.2, -0.15) is 0 Å². The summed E-state index contributed by atoms with van der Waals surface area (Å²) in [5.74, 6) is 2.44. The minimum atomic E-state index is 0.794. The summed E-state index contributed by atoms with van der Waals surface area (Å²) in [5.41, 5.74) is 20.8. The second-order valence-corrected chi connectivity index (χ2v) is 26.8. The van der Waals surface area contributed by atoms with Crippen LogP contribution in [0.4, 0.5) is 0 Å². The van der Waals surface area contributed by atoms with Crippen LogP contribution in [0.3, 0.4) is 0 Å². The molecule has 7 heteroatoms. The maximum Gasteiger partial charge on any atom is 0.165 e. The minimum absolute atomic E-state index is 0.794. The molecule has 0 fully saturated rings. The molecule has 8 bridgehead atoms. The highest BCUT2D eigenvalue weighted by molar-refractivity contribution is 6.11. The zero-order valence-electron chi connectivity index (χ0n) is 56.7. The quantitative estimate of drug-likeness (QED) is 0.0373. The van der Waals surface area contributed by atoms with Crippen LogP contribution in [-0.4, -0.2) is 34.9 Å². The number of aryl methyl sites for hydroxylation is 8. The number of unbranched alkanes of at least 4 members (excludes halogenated alkanes) is 24. The van der Waals surface area contributed by atoms with Gasteiger partial charge < -0.3 is 9.97 Å². The first-order valence-electron chi connectivity index (χ1n) is 36.9. The monoisotopic (exact) mass is 1190 g/mol. The lowest BCUT2D eigenvalue weighted by Gasteiger charge is -2.14. The van der Waals surface area contributed by atoms with Gasteiger partial charge in [0.15, 0.2) is 17.5 Å². The Kier molecular flexibility index (Phi) is 26.6. The molecule has 9 rings (SSSR count). The Morgan fingerprint density at radius 2 is 0.489 bits per heavy atom. The molecular weight excluding hydrogens is 1070 g/mol. The van der Waals surface area contributed by atoms with Crippen molar-refractivity contribution in [2.45, 2.75) is 312 Å². The SMILES string of the molecule is CCCCCCc1ccc(CCCCCC)c2c1-c1cc3[nH]c(nc4nc(nc5[nH]c(nc-2n1)c1c(CCCCCC)ccc(CCCCCC)c51)-c1c(CCCCCC)ccc(CCCCCC)c1-4)c1c(CCCCCC)ccc(CCCCCC)c31. The topological polar surface area (TPSA) is 96.0 Å². The number of nitrogens with zero attached hydrogens (tertiary/aromatic N) is 5. The minimum Gasteiger partial charge on any atom is -0.339 e. The molecule has 3 aromatic heterocycles. The van der Waals surface area contributed by atoms with Crippen LogP contribution in [0, 0.1) is 0 Å². The van der Waals surface area contributed by atoms with Gasteiger partial charge in [0.05, 0.1) is 11.2 Å². The summed E-state index contributed by atoms with van der Waals surface area (Å²) in [6.07, 6.45) is 46.7. The van der Waals surface area contributed by atoms with Crippen LogP contribution in [0.5, 0.6) is 0 Å². The van der Waals surface area contributed by atoms with E-state index < -0.39 is 0 Å². The molecule has 2 N–H and O–H groups in total. The molecule has 0 aliphatic carbocycles. The number of H-pyrrole nitrogens is 2. The standard InChI is InChI=1S/C81H115N7/c1-9-17-25-33-41-58-49-51-60(43-35-27-19-11-3)70-68(58)66-57-67-69-59(42-34-26-18-10-2)50-52-61(44-36-28-20-12-4)71(69)77(83-67)85-79-73-63(46-38-30-22-14-6)54-56-65(48-40-32-24-16-8)75(73)81(87-79)88-80-74-64(47-39-31-23-15-7)55-53-62(45-37-29-21-13-5)72(74)78(86-80)84-76(70)82-66/h49-57H,9-48H2,1-8H3,(H2,82,83,84,85,86,87,88). The first-order valence-corrected chi connectivity index (χ1v) is 36.9. The number of nitrogens with one attached hydrogen (secondary N) is 2. The van der Waals surface area contributed by atoms with E-state index in [-0.39, 0.29) is 0 Å². The number of fused-ring (bicyclic) bond motifs is 20. The van der Waals surface area contributed by atoms with Crippen molar-refractivity contribution in [3.8, 4) is 45.4 Å². The molecule has 0 spiro atoms. The van der Waals surface area contributed by atoms with Gasteiger partial charge in [0, 0.05) is 43.8 Å². The molecule has 0 atom stereocenters. The van der Waals surface area contributed by atoms with E-state index in [1.54, 1.807) is 0 Å². The molecule has 88 heavy (non-hydrogen) atoms. The summed E-state index contributed by atoms with van der Waals surface area (Å²) in [6, 6.07) is 22.2. The number of aromatic nitrogens is 7. The Bertz CT molecular complexity index is 3050. The lowest BCUT2D eigenvalue weighted by molar-refractivity contribution is 0.664. The Morgan fingerprint density at radius 1 is 0.239 bits per heavy atom. The maximum absolute atomic E-state index is 6.04. The fourth-order valence-corrected chi connectivity index (χ4v) is 14.6. The van der Waals surface area contributed by atoms with Crippen molar-refractivity contribution in [2.75, 3.05) is 0 Å². The normalized spacial score (nSPS) is 12.1. The Hall–Kier alpha value is -5.69. The first kappa shape index (κ1) is 66.7. The number of hydrogen-bond acceptors (Lipinski definition) is 5. The van der Waals surface area contributed by atoms with Crippen molar-refractivity contribution >= 4 is 44.0 Å². The Labute approximate surface area is 532 Å². The molecule has 0 amide bonds. The van der Waals surface area contributed by atoms with E-state index in [9.17, 15) is 0 Å². The van der Waals surface area contributed by atoms with Gasteiger partial charge in [-0.25, -0.2) is 24.9 Å². The maximum atomic E-state index is 6.04. The van der Waals surface area contributed by atoms with Crippen LogP contribution < -0.4 is 0 Å². The van der Waals surface area contributed by atoms with Crippen LogP contribution >= 0.6 is 0 Å². The molecule has 5 heterocycles. The second-order valence-electron chi connectivity index (χ2n) is 26.8. The fraction of sp³-hybridized carbons (Fsp3) is 0.593. The molecule has 2 aliphatic heterocycles. The van der Waals surface area contributed by atoms with E-state index in [1.165, 1.54) is 242 Å². The molecule has 7 nitrogen and oxygen atoms in total. The highest BCUT2D eigenvalue weighted by Gasteiger charge is 2.29. The van der Waals surface area contributed by atoms with Gasteiger partial charge in [-0.3, -0.25) is 0 Å². The zero-order chi connectivity index (χ0) is 61.5. The lowest BCUT2D eigenvalue weighted by Crippen LogP contribution is -1.98. The highest BCUT2D eigenvalue weighted by Crippen LogP contribution is 2.46. The third kappa shape index (κ3) is 16.6. The van der Waals surface area contributed by atoms with Gasteiger partial charge in [0.1, 0.15) is 16.9 Å². The first-order chi connectivity index (χ1) is 43.4. The average Bonchev–Trinajstić information content (AvgIpc) is 1.84. The van der Waals surface area contributed by atoms with Gasteiger partial charge in [0.25, 0.3) is 0 Å². The Balaban J connectivity index is 1.48. The molecule has 4 aromatic carbocycles. The summed E-state index contributed by atoms with van der Waals surface area (Å²) >= 11 is 0. The predicted molar refractivity (Wildman–Crippen MR) is 381 cm³/mol. The number of benzene rings is 4. The molecular formula is C81H115N7. The largest absolute Gasteiger partial charge is 0.339 e. The Morgan fingerprint density at radius 3 is 0.818 bits per heavy atom. The van der Waals surface area contributed by atoms with Gasteiger partial charge >= 0.3 is 0 Å². The molecule has 7 aromatic rings. The molecule has 0 unspecified atom stereocenters. The van der Waals surface area contributed by atoms with E-state index in [4.69, 9.17) is 24.9 Å². The molecule has 0 saturated heterocycles. The predicted octanol–water partition coefficient (Wildman–Crippen LogP) is 24.5. The van der Waals surface area contributed by atoms with Crippen molar-refractivity contribution in [1.82, 2.24) is 34.9 Å². The fourth-order valence-electron chi connectivity index (χ4n) is 14.6. The zero-order valence-corrected chi connectivity index (χ0v) is 56.7. The molecule has 2 aliphatic rings.